The standard InChI is InChI=1S/C24H25N3O3S/c1-15-9-16(2)12-27(11-15)19-6-3-17(4-7-19)23(28)26-24-25-20(13-31-24)18-5-8-21-22(10-18)30-14-29-21/h3-8,10,13,15-16H,9,11-12,14H2,1-2H3,(H,25,26,28). The highest BCUT2D eigenvalue weighted by atomic mass is 32.1. The van der Waals surface area contributed by atoms with Gasteiger partial charge in [-0.1, -0.05) is 13.8 Å². The largest absolute Gasteiger partial charge is 0.454 e. The molecule has 160 valence electrons. The number of nitrogens with zero attached hydrogens (tertiary/aromatic N) is 2. The minimum Gasteiger partial charge on any atom is -0.454 e. The number of amides is 1. The van der Waals surface area contributed by atoms with Crippen LogP contribution in [0.3, 0.4) is 0 Å². The van der Waals surface area contributed by atoms with Crippen LogP contribution in [0.25, 0.3) is 11.3 Å². The summed E-state index contributed by atoms with van der Waals surface area (Å²) in [5.74, 6) is 2.68. The average Bonchev–Trinajstić information content (AvgIpc) is 3.42. The van der Waals surface area contributed by atoms with E-state index >= 15 is 0 Å². The van der Waals surface area contributed by atoms with E-state index < -0.39 is 0 Å². The molecule has 0 saturated carbocycles. The fourth-order valence-electron chi connectivity index (χ4n) is 4.39. The van der Waals surface area contributed by atoms with Gasteiger partial charge in [-0.05, 0) is 60.7 Å². The zero-order valence-corrected chi connectivity index (χ0v) is 18.4. The number of anilines is 2. The first-order chi connectivity index (χ1) is 15.0. The number of hydrogen-bond donors (Lipinski definition) is 1. The van der Waals surface area contributed by atoms with Gasteiger partial charge in [0, 0.05) is 35.3 Å². The summed E-state index contributed by atoms with van der Waals surface area (Å²) in [5.41, 5.74) is 3.52. The summed E-state index contributed by atoms with van der Waals surface area (Å²) >= 11 is 1.40. The van der Waals surface area contributed by atoms with Crippen molar-refractivity contribution >= 4 is 28.1 Å². The Hall–Kier alpha value is -3.06. The van der Waals surface area contributed by atoms with Gasteiger partial charge >= 0.3 is 0 Å². The lowest BCUT2D eigenvalue weighted by Gasteiger charge is -2.36. The Morgan fingerprint density at radius 1 is 1.06 bits per heavy atom. The number of piperidine rings is 1. The molecule has 2 aromatic carbocycles. The molecule has 2 aliphatic rings. The molecule has 0 spiro atoms. The second-order valence-electron chi connectivity index (χ2n) is 8.46. The molecule has 0 aliphatic carbocycles. The van der Waals surface area contributed by atoms with Gasteiger partial charge in [0.25, 0.3) is 5.91 Å². The van der Waals surface area contributed by atoms with E-state index in [4.69, 9.17) is 9.47 Å². The van der Waals surface area contributed by atoms with E-state index in [1.165, 1.54) is 23.4 Å². The first kappa shape index (κ1) is 19.9. The van der Waals surface area contributed by atoms with Gasteiger partial charge in [-0.3, -0.25) is 10.1 Å². The molecule has 5 rings (SSSR count). The third-order valence-electron chi connectivity index (χ3n) is 5.76. The van der Waals surface area contributed by atoms with Gasteiger partial charge in [0.2, 0.25) is 6.79 Å². The van der Waals surface area contributed by atoms with Crippen LogP contribution in [0.4, 0.5) is 10.8 Å². The number of nitrogens with one attached hydrogen (secondary N) is 1. The van der Waals surface area contributed by atoms with Gasteiger partial charge in [-0.25, -0.2) is 4.98 Å². The van der Waals surface area contributed by atoms with Crippen LogP contribution in [0.1, 0.15) is 30.6 Å². The van der Waals surface area contributed by atoms with Crippen LogP contribution in [-0.4, -0.2) is 30.8 Å². The lowest BCUT2D eigenvalue weighted by atomic mass is 9.91. The molecule has 31 heavy (non-hydrogen) atoms. The van der Waals surface area contributed by atoms with E-state index in [0.717, 1.165) is 30.1 Å². The van der Waals surface area contributed by atoms with Crippen molar-refractivity contribution in [2.45, 2.75) is 20.3 Å². The summed E-state index contributed by atoms with van der Waals surface area (Å²) in [6.45, 7) is 6.98. The van der Waals surface area contributed by atoms with Crippen LogP contribution in [0.5, 0.6) is 11.5 Å². The van der Waals surface area contributed by atoms with Crippen LogP contribution < -0.4 is 19.7 Å². The summed E-state index contributed by atoms with van der Waals surface area (Å²) in [4.78, 5) is 19.7. The molecule has 0 radical (unpaired) electrons. The first-order valence-corrected chi connectivity index (χ1v) is 11.4. The van der Waals surface area contributed by atoms with Crippen LogP contribution in [0.2, 0.25) is 0 Å². The van der Waals surface area contributed by atoms with E-state index in [2.05, 4.69) is 29.0 Å². The predicted octanol–water partition coefficient (Wildman–Crippen LogP) is 5.27. The van der Waals surface area contributed by atoms with Crippen LogP contribution in [0, 0.1) is 11.8 Å². The van der Waals surface area contributed by atoms with Crippen LogP contribution in [0.15, 0.2) is 47.8 Å². The van der Waals surface area contributed by atoms with Crippen molar-refractivity contribution in [3.63, 3.8) is 0 Å². The molecule has 0 bridgehead atoms. The second-order valence-corrected chi connectivity index (χ2v) is 9.32. The monoisotopic (exact) mass is 435 g/mol. The molecule has 1 aromatic heterocycles. The molecule has 6 nitrogen and oxygen atoms in total. The topological polar surface area (TPSA) is 63.7 Å². The minimum absolute atomic E-state index is 0.154. The van der Waals surface area contributed by atoms with Gasteiger partial charge in [0.05, 0.1) is 5.69 Å². The number of carbonyl (C=O) groups excluding carboxylic acids is 1. The Morgan fingerprint density at radius 2 is 1.81 bits per heavy atom. The Balaban J connectivity index is 1.25. The van der Waals surface area contributed by atoms with Crippen molar-refractivity contribution in [2.75, 3.05) is 30.1 Å². The lowest BCUT2D eigenvalue weighted by Crippen LogP contribution is -2.38. The summed E-state index contributed by atoms with van der Waals surface area (Å²) in [6, 6.07) is 13.6. The van der Waals surface area contributed by atoms with Crippen molar-refractivity contribution in [3.8, 4) is 22.8 Å². The van der Waals surface area contributed by atoms with Gasteiger partial charge in [-0.15, -0.1) is 11.3 Å². The Labute approximate surface area is 185 Å². The van der Waals surface area contributed by atoms with Gasteiger partial charge in [-0.2, -0.15) is 0 Å². The van der Waals surface area contributed by atoms with Crippen molar-refractivity contribution in [3.05, 3.63) is 53.4 Å². The Morgan fingerprint density at radius 3 is 2.58 bits per heavy atom. The summed E-state index contributed by atoms with van der Waals surface area (Å²) in [5, 5.41) is 5.41. The molecule has 1 saturated heterocycles. The molecule has 2 aliphatic heterocycles. The SMILES string of the molecule is CC1CC(C)CN(c2ccc(C(=O)Nc3nc(-c4ccc5c(c4)OCO5)cs3)cc2)C1. The number of hydrogen-bond acceptors (Lipinski definition) is 6. The van der Waals surface area contributed by atoms with Gasteiger partial charge in [0.1, 0.15) is 0 Å². The molecule has 2 unspecified atom stereocenters. The van der Waals surface area contributed by atoms with Crippen molar-refractivity contribution < 1.29 is 14.3 Å². The normalized spacial score (nSPS) is 20.0. The number of carbonyl (C=O) groups is 1. The highest BCUT2D eigenvalue weighted by Gasteiger charge is 2.22. The molecule has 7 heteroatoms. The number of rotatable bonds is 4. The fourth-order valence-corrected chi connectivity index (χ4v) is 5.10. The zero-order chi connectivity index (χ0) is 21.4. The maximum absolute atomic E-state index is 12.7. The van der Waals surface area contributed by atoms with E-state index in [-0.39, 0.29) is 12.7 Å². The number of ether oxygens (including phenoxy) is 2. The van der Waals surface area contributed by atoms with E-state index in [1.807, 2.05) is 47.8 Å². The molecule has 1 amide bonds. The summed E-state index contributed by atoms with van der Waals surface area (Å²) in [6.07, 6.45) is 1.28. The molecule has 2 atom stereocenters. The molecule has 1 N–H and O–H groups in total. The number of aromatic nitrogens is 1. The summed E-state index contributed by atoms with van der Waals surface area (Å²) < 4.78 is 10.8. The molecule has 3 aromatic rings. The fraction of sp³-hybridized carbons (Fsp3) is 0.333. The van der Waals surface area contributed by atoms with Gasteiger partial charge in [0.15, 0.2) is 16.6 Å². The zero-order valence-electron chi connectivity index (χ0n) is 17.6. The third kappa shape index (κ3) is 4.23. The second kappa shape index (κ2) is 8.23. The van der Waals surface area contributed by atoms with Gasteiger partial charge < -0.3 is 14.4 Å². The first-order valence-electron chi connectivity index (χ1n) is 10.6. The van der Waals surface area contributed by atoms with E-state index in [9.17, 15) is 4.79 Å². The quantitative estimate of drug-likeness (QED) is 0.605. The maximum atomic E-state index is 12.7. The van der Waals surface area contributed by atoms with Crippen LogP contribution in [-0.2, 0) is 0 Å². The van der Waals surface area contributed by atoms with Crippen molar-refractivity contribution in [2.24, 2.45) is 11.8 Å². The smallest absolute Gasteiger partial charge is 0.257 e. The van der Waals surface area contributed by atoms with Crippen LogP contribution >= 0.6 is 11.3 Å². The summed E-state index contributed by atoms with van der Waals surface area (Å²) in [7, 11) is 0. The molecule has 3 heterocycles. The predicted molar refractivity (Wildman–Crippen MR) is 123 cm³/mol. The molecular weight excluding hydrogens is 410 g/mol. The van der Waals surface area contributed by atoms with Crippen molar-refractivity contribution in [1.29, 1.82) is 0 Å². The number of thiazole rings is 1. The average molecular weight is 436 g/mol. The minimum atomic E-state index is -0.154. The number of benzene rings is 2. The molecular formula is C24H25N3O3S. The highest BCUT2D eigenvalue weighted by molar-refractivity contribution is 7.14. The Bertz CT molecular complexity index is 1090. The van der Waals surface area contributed by atoms with E-state index in [0.29, 0.717) is 28.3 Å². The maximum Gasteiger partial charge on any atom is 0.257 e. The Kier molecular flexibility index (Phi) is 5.28. The third-order valence-corrected chi connectivity index (χ3v) is 6.51. The lowest BCUT2D eigenvalue weighted by molar-refractivity contribution is 0.102. The number of fused-ring (bicyclic) bond motifs is 1. The van der Waals surface area contributed by atoms with Crippen molar-refractivity contribution in [1.82, 2.24) is 4.98 Å². The molecule has 1 fully saturated rings. The highest BCUT2D eigenvalue weighted by Crippen LogP contribution is 2.36. The van der Waals surface area contributed by atoms with E-state index in [1.54, 1.807) is 0 Å².